The fourth-order valence-corrected chi connectivity index (χ4v) is 2.11. The van der Waals surface area contributed by atoms with Gasteiger partial charge in [0.05, 0.1) is 5.69 Å². The van der Waals surface area contributed by atoms with E-state index in [4.69, 9.17) is 0 Å². The smallest absolute Gasteiger partial charge is 0.133 e. The largest absolute Gasteiger partial charge is 0.373 e. The Morgan fingerprint density at radius 1 is 1.21 bits per heavy atom. The summed E-state index contributed by atoms with van der Waals surface area (Å²) in [7, 11) is 1.83. The Labute approximate surface area is 112 Å². The summed E-state index contributed by atoms with van der Waals surface area (Å²) in [4.78, 5) is 8.56. The van der Waals surface area contributed by atoms with Gasteiger partial charge in [0.2, 0.25) is 0 Å². The second kappa shape index (κ2) is 5.34. The molecule has 4 heteroatoms. The molecule has 3 nitrogen and oxygen atoms in total. The van der Waals surface area contributed by atoms with Gasteiger partial charge < -0.3 is 5.32 Å². The van der Waals surface area contributed by atoms with Crippen LogP contribution in [0.3, 0.4) is 0 Å². The highest BCUT2D eigenvalue weighted by Gasteiger charge is 2.16. The van der Waals surface area contributed by atoms with E-state index in [1.165, 1.54) is 12.4 Å². The van der Waals surface area contributed by atoms with Gasteiger partial charge in [0, 0.05) is 18.2 Å². The summed E-state index contributed by atoms with van der Waals surface area (Å²) in [6, 6.07) is 5.20. The average Bonchev–Trinajstić information content (AvgIpc) is 2.40. The van der Waals surface area contributed by atoms with Crippen LogP contribution in [0.4, 0.5) is 10.2 Å². The Bertz CT molecular complexity index is 594. The number of aryl methyl sites for hydroxylation is 1. The van der Waals surface area contributed by atoms with E-state index in [2.05, 4.69) is 29.1 Å². The standard InChI is InChI=1S/C15H18FN3/c1-9(2)13-14(18-8-19-15(13)17-4)11-6-5-10(3)12(16)7-11/h5-9H,1-4H3,(H,17,18,19). The van der Waals surface area contributed by atoms with E-state index in [0.717, 1.165) is 22.6 Å². The first-order valence-electron chi connectivity index (χ1n) is 6.33. The first-order valence-corrected chi connectivity index (χ1v) is 6.33. The van der Waals surface area contributed by atoms with Crippen molar-refractivity contribution in [2.24, 2.45) is 0 Å². The minimum atomic E-state index is -0.211. The zero-order valence-electron chi connectivity index (χ0n) is 11.7. The number of benzene rings is 1. The summed E-state index contributed by atoms with van der Waals surface area (Å²) >= 11 is 0. The lowest BCUT2D eigenvalue weighted by Crippen LogP contribution is -2.04. The van der Waals surface area contributed by atoms with Crippen molar-refractivity contribution in [1.29, 1.82) is 0 Å². The number of halogens is 1. The molecule has 100 valence electrons. The number of anilines is 1. The first-order chi connectivity index (χ1) is 9.04. The predicted molar refractivity (Wildman–Crippen MR) is 75.8 cm³/mol. The monoisotopic (exact) mass is 259 g/mol. The lowest BCUT2D eigenvalue weighted by molar-refractivity contribution is 0.619. The quantitative estimate of drug-likeness (QED) is 0.912. The topological polar surface area (TPSA) is 37.8 Å². The molecule has 0 radical (unpaired) electrons. The second-order valence-corrected chi connectivity index (χ2v) is 4.85. The molecule has 0 fully saturated rings. The molecule has 0 aliphatic carbocycles. The van der Waals surface area contributed by atoms with Crippen molar-refractivity contribution in [3.8, 4) is 11.3 Å². The summed E-state index contributed by atoms with van der Waals surface area (Å²) in [6.07, 6.45) is 1.50. The lowest BCUT2D eigenvalue weighted by atomic mass is 9.97. The Kier molecular flexibility index (Phi) is 3.79. The van der Waals surface area contributed by atoms with E-state index in [1.807, 2.05) is 13.1 Å². The summed E-state index contributed by atoms with van der Waals surface area (Å²) in [5.74, 6) is 0.834. The first kappa shape index (κ1) is 13.5. The summed E-state index contributed by atoms with van der Waals surface area (Å²) in [5, 5.41) is 3.07. The zero-order valence-corrected chi connectivity index (χ0v) is 11.7. The van der Waals surface area contributed by atoms with Crippen LogP contribution in [0.1, 0.15) is 30.9 Å². The third-order valence-corrected chi connectivity index (χ3v) is 3.14. The summed E-state index contributed by atoms with van der Waals surface area (Å²) < 4.78 is 13.7. The fraction of sp³-hybridized carbons (Fsp3) is 0.333. The number of nitrogens with zero attached hydrogens (tertiary/aromatic N) is 2. The summed E-state index contributed by atoms with van der Waals surface area (Å²) in [5.41, 5.74) is 3.21. The van der Waals surface area contributed by atoms with E-state index in [0.29, 0.717) is 5.56 Å². The molecule has 0 bridgehead atoms. The second-order valence-electron chi connectivity index (χ2n) is 4.85. The SMILES string of the molecule is CNc1ncnc(-c2ccc(C)c(F)c2)c1C(C)C. The highest BCUT2D eigenvalue weighted by Crippen LogP contribution is 2.32. The van der Waals surface area contributed by atoms with Crippen LogP contribution < -0.4 is 5.32 Å². The van der Waals surface area contributed by atoms with Gasteiger partial charge in [0.25, 0.3) is 0 Å². The van der Waals surface area contributed by atoms with E-state index in [9.17, 15) is 4.39 Å². The van der Waals surface area contributed by atoms with E-state index in [-0.39, 0.29) is 11.7 Å². The van der Waals surface area contributed by atoms with Crippen LogP contribution in [0.15, 0.2) is 24.5 Å². The number of rotatable bonds is 3. The molecule has 0 saturated heterocycles. The third-order valence-electron chi connectivity index (χ3n) is 3.14. The Balaban J connectivity index is 2.64. The van der Waals surface area contributed by atoms with E-state index < -0.39 is 0 Å². The molecule has 0 amide bonds. The highest BCUT2D eigenvalue weighted by molar-refractivity contribution is 5.69. The minimum absolute atomic E-state index is 0.211. The molecule has 0 saturated carbocycles. The normalized spacial score (nSPS) is 10.8. The van der Waals surface area contributed by atoms with Crippen LogP contribution in [-0.2, 0) is 0 Å². The molecule has 19 heavy (non-hydrogen) atoms. The maximum Gasteiger partial charge on any atom is 0.133 e. The molecule has 2 aromatic rings. The summed E-state index contributed by atoms with van der Waals surface area (Å²) in [6.45, 7) is 5.91. The van der Waals surface area contributed by atoms with Gasteiger partial charge in [-0.25, -0.2) is 14.4 Å². The average molecular weight is 259 g/mol. The van der Waals surface area contributed by atoms with Crippen molar-refractivity contribution >= 4 is 5.82 Å². The molecular formula is C15H18FN3. The van der Waals surface area contributed by atoms with Crippen molar-refractivity contribution in [2.45, 2.75) is 26.7 Å². The molecule has 1 heterocycles. The van der Waals surface area contributed by atoms with Crippen LogP contribution >= 0.6 is 0 Å². The van der Waals surface area contributed by atoms with Crippen molar-refractivity contribution in [1.82, 2.24) is 9.97 Å². The van der Waals surface area contributed by atoms with Gasteiger partial charge in [-0.15, -0.1) is 0 Å². The van der Waals surface area contributed by atoms with E-state index in [1.54, 1.807) is 13.0 Å². The molecule has 0 aliphatic heterocycles. The van der Waals surface area contributed by atoms with Crippen LogP contribution in [0, 0.1) is 12.7 Å². The van der Waals surface area contributed by atoms with Crippen LogP contribution in [0.2, 0.25) is 0 Å². The Morgan fingerprint density at radius 3 is 2.53 bits per heavy atom. The zero-order chi connectivity index (χ0) is 14.0. The van der Waals surface area contributed by atoms with Gasteiger partial charge in [0.15, 0.2) is 0 Å². The van der Waals surface area contributed by atoms with Gasteiger partial charge in [-0.2, -0.15) is 0 Å². The number of aromatic nitrogens is 2. The molecule has 0 aliphatic rings. The number of hydrogen-bond donors (Lipinski definition) is 1. The molecule has 0 atom stereocenters. The van der Waals surface area contributed by atoms with Gasteiger partial charge in [-0.1, -0.05) is 26.0 Å². The molecule has 1 aromatic heterocycles. The molecule has 0 unspecified atom stereocenters. The minimum Gasteiger partial charge on any atom is -0.373 e. The van der Waals surface area contributed by atoms with Crippen LogP contribution in [0.5, 0.6) is 0 Å². The van der Waals surface area contributed by atoms with E-state index >= 15 is 0 Å². The third kappa shape index (κ3) is 2.57. The van der Waals surface area contributed by atoms with Gasteiger partial charge >= 0.3 is 0 Å². The molecule has 2 rings (SSSR count). The van der Waals surface area contributed by atoms with Crippen LogP contribution in [-0.4, -0.2) is 17.0 Å². The lowest BCUT2D eigenvalue weighted by Gasteiger charge is -2.15. The fourth-order valence-electron chi connectivity index (χ4n) is 2.11. The van der Waals surface area contributed by atoms with Crippen molar-refractivity contribution in [2.75, 3.05) is 12.4 Å². The van der Waals surface area contributed by atoms with Gasteiger partial charge in [-0.05, 0) is 24.5 Å². The van der Waals surface area contributed by atoms with Crippen molar-refractivity contribution in [3.05, 3.63) is 41.5 Å². The Morgan fingerprint density at radius 2 is 1.95 bits per heavy atom. The van der Waals surface area contributed by atoms with Crippen LogP contribution in [0.25, 0.3) is 11.3 Å². The molecular weight excluding hydrogens is 241 g/mol. The predicted octanol–water partition coefficient (Wildman–Crippen LogP) is 3.76. The maximum absolute atomic E-state index is 13.7. The number of nitrogens with one attached hydrogen (secondary N) is 1. The molecule has 0 spiro atoms. The molecule has 1 aromatic carbocycles. The maximum atomic E-state index is 13.7. The van der Waals surface area contributed by atoms with Gasteiger partial charge in [-0.3, -0.25) is 0 Å². The van der Waals surface area contributed by atoms with Crippen molar-refractivity contribution < 1.29 is 4.39 Å². The highest BCUT2D eigenvalue weighted by atomic mass is 19.1. The number of hydrogen-bond acceptors (Lipinski definition) is 3. The Hall–Kier alpha value is -1.97. The molecule has 1 N–H and O–H groups in total. The van der Waals surface area contributed by atoms with Crippen molar-refractivity contribution in [3.63, 3.8) is 0 Å². The van der Waals surface area contributed by atoms with Gasteiger partial charge in [0.1, 0.15) is 18.0 Å².